The van der Waals surface area contributed by atoms with Gasteiger partial charge in [-0.2, -0.15) is 0 Å². The van der Waals surface area contributed by atoms with Crippen LogP contribution in [0.25, 0.3) is 0 Å². The molecule has 1 saturated carbocycles. The third kappa shape index (κ3) is 2.84. The fraction of sp³-hybridized carbons (Fsp3) is 0.538. The van der Waals surface area contributed by atoms with E-state index in [0.29, 0.717) is 19.4 Å². The highest BCUT2D eigenvalue weighted by atomic mass is 32.2. The van der Waals surface area contributed by atoms with Crippen LogP contribution in [-0.4, -0.2) is 33.1 Å². The number of rotatable bonds is 6. The number of ether oxygens (including phenoxy) is 2. The Bertz CT molecular complexity index is 500. The minimum absolute atomic E-state index is 0.290. The highest BCUT2D eigenvalue weighted by Gasteiger charge is 2.52. The van der Waals surface area contributed by atoms with E-state index in [2.05, 4.69) is 0 Å². The van der Waals surface area contributed by atoms with E-state index in [-0.39, 0.29) is 6.61 Å². The molecule has 1 aromatic carbocycles. The van der Waals surface area contributed by atoms with Gasteiger partial charge < -0.3 is 9.47 Å². The van der Waals surface area contributed by atoms with Crippen molar-refractivity contribution in [3.8, 4) is 5.75 Å². The Morgan fingerprint density at radius 1 is 1.22 bits per heavy atom. The van der Waals surface area contributed by atoms with Gasteiger partial charge in [-0.3, -0.25) is 0 Å². The number of sulfone groups is 1. The minimum Gasteiger partial charge on any atom is -0.497 e. The van der Waals surface area contributed by atoms with Crippen molar-refractivity contribution in [2.24, 2.45) is 0 Å². The Labute approximate surface area is 108 Å². The normalized spacial score (nSPS) is 17.4. The van der Waals surface area contributed by atoms with E-state index in [1.165, 1.54) is 6.26 Å². The second kappa shape index (κ2) is 4.90. The van der Waals surface area contributed by atoms with E-state index < -0.39 is 14.6 Å². The predicted octanol–water partition coefficient (Wildman–Crippen LogP) is 1.79. The van der Waals surface area contributed by atoms with Gasteiger partial charge >= 0.3 is 0 Å². The summed E-state index contributed by atoms with van der Waals surface area (Å²) in [6, 6.07) is 7.56. The highest BCUT2D eigenvalue weighted by molar-refractivity contribution is 7.92. The number of hydrogen-bond donors (Lipinski definition) is 0. The molecule has 1 aromatic rings. The van der Waals surface area contributed by atoms with Gasteiger partial charge in [0.1, 0.15) is 5.75 Å². The Kier molecular flexibility index (Phi) is 3.64. The van der Waals surface area contributed by atoms with Crippen LogP contribution >= 0.6 is 0 Å². The van der Waals surface area contributed by atoms with Crippen molar-refractivity contribution in [1.29, 1.82) is 0 Å². The highest BCUT2D eigenvalue weighted by Crippen LogP contribution is 2.43. The number of hydrogen-bond acceptors (Lipinski definition) is 4. The third-order valence-electron chi connectivity index (χ3n) is 3.39. The van der Waals surface area contributed by atoms with Gasteiger partial charge in [-0.25, -0.2) is 8.42 Å². The molecule has 1 aliphatic rings. The monoisotopic (exact) mass is 270 g/mol. The molecule has 0 spiro atoms. The average molecular weight is 270 g/mol. The lowest BCUT2D eigenvalue weighted by Gasteiger charge is -2.13. The van der Waals surface area contributed by atoms with E-state index in [1.54, 1.807) is 7.11 Å². The second-order valence-electron chi connectivity index (χ2n) is 4.80. The van der Waals surface area contributed by atoms with Crippen LogP contribution in [0.3, 0.4) is 0 Å². The molecule has 0 saturated heterocycles. The van der Waals surface area contributed by atoms with Gasteiger partial charge in [0, 0.05) is 6.26 Å². The van der Waals surface area contributed by atoms with Crippen molar-refractivity contribution >= 4 is 9.84 Å². The van der Waals surface area contributed by atoms with E-state index in [4.69, 9.17) is 9.47 Å². The molecule has 0 amide bonds. The summed E-state index contributed by atoms with van der Waals surface area (Å²) in [6.45, 7) is 0.721. The SMILES string of the molecule is COc1ccc(COCC2(S(C)(=O)=O)CC2)cc1. The van der Waals surface area contributed by atoms with Crippen LogP contribution in [0.15, 0.2) is 24.3 Å². The average Bonchev–Trinajstić information content (AvgIpc) is 3.10. The van der Waals surface area contributed by atoms with E-state index in [9.17, 15) is 8.42 Å². The van der Waals surface area contributed by atoms with Crippen LogP contribution in [0.2, 0.25) is 0 Å². The molecule has 5 heteroatoms. The van der Waals surface area contributed by atoms with Gasteiger partial charge in [-0.1, -0.05) is 12.1 Å². The van der Waals surface area contributed by atoms with Crippen LogP contribution in [0, 0.1) is 0 Å². The third-order valence-corrected chi connectivity index (χ3v) is 5.49. The lowest BCUT2D eigenvalue weighted by atomic mass is 10.2. The molecular weight excluding hydrogens is 252 g/mol. The summed E-state index contributed by atoms with van der Waals surface area (Å²) < 4.78 is 33.1. The number of benzene rings is 1. The quantitative estimate of drug-likeness (QED) is 0.791. The van der Waals surface area contributed by atoms with Crippen molar-refractivity contribution in [3.63, 3.8) is 0 Å². The first-order chi connectivity index (χ1) is 8.47. The lowest BCUT2D eigenvalue weighted by Crippen LogP contribution is -2.27. The molecule has 0 radical (unpaired) electrons. The first-order valence-corrected chi connectivity index (χ1v) is 7.76. The molecule has 0 N–H and O–H groups in total. The molecular formula is C13H18O4S. The smallest absolute Gasteiger partial charge is 0.155 e. The molecule has 2 rings (SSSR count). The molecule has 0 bridgehead atoms. The molecule has 0 atom stereocenters. The summed E-state index contributed by atoms with van der Waals surface area (Å²) in [5.41, 5.74) is 1.01. The van der Waals surface area contributed by atoms with Gasteiger partial charge in [-0.05, 0) is 30.5 Å². The number of methoxy groups -OCH3 is 1. The molecule has 0 heterocycles. The Balaban J connectivity index is 1.85. The molecule has 1 aliphatic carbocycles. The predicted molar refractivity (Wildman–Crippen MR) is 69.5 cm³/mol. The molecule has 0 unspecified atom stereocenters. The van der Waals surface area contributed by atoms with Crippen molar-refractivity contribution in [2.45, 2.75) is 24.2 Å². The van der Waals surface area contributed by atoms with Crippen molar-refractivity contribution < 1.29 is 17.9 Å². The summed E-state index contributed by atoms with van der Waals surface area (Å²) >= 11 is 0. The summed E-state index contributed by atoms with van der Waals surface area (Å²) in [6.07, 6.45) is 2.72. The maximum Gasteiger partial charge on any atom is 0.155 e. The maximum absolute atomic E-state index is 11.5. The maximum atomic E-state index is 11.5. The van der Waals surface area contributed by atoms with Gasteiger partial charge in [-0.15, -0.1) is 0 Å². The van der Waals surface area contributed by atoms with Crippen LogP contribution < -0.4 is 4.74 Å². The Morgan fingerprint density at radius 2 is 1.83 bits per heavy atom. The fourth-order valence-corrected chi connectivity index (χ4v) is 2.98. The van der Waals surface area contributed by atoms with E-state index in [0.717, 1.165) is 11.3 Å². The van der Waals surface area contributed by atoms with Crippen molar-refractivity contribution in [1.82, 2.24) is 0 Å². The molecule has 18 heavy (non-hydrogen) atoms. The second-order valence-corrected chi connectivity index (χ2v) is 7.21. The van der Waals surface area contributed by atoms with Gasteiger partial charge in [0.15, 0.2) is 9.84 Å². The zero-order valence-corrected chi connectivity index (χ0v) is 11.5. The minimum atomic E-state index is -3.00. The Hall–Kier alpha value is -1.07. The molecule has 100 valence electrons. The standard InChI is InChI=1S/C13H18O4S/c1-16-12-5-3-11(4-6-12)9-17-10-13(7-8-13)18(2,14)15/h3-6H,7-10H2,1-2H3. The van der Waals surface area contributed by atoms with Crippen LogP contribution in [0.4, 0.5) is 0 Å². The first kappa shape index (κ1) is 13.4. The molecule has 0 aliphatic heterocycles. The van der Waals surface area contributed by atoms with Gasteiger partial charge in [0.2, 0.25) is 0 Å². The molecule has 4 nitrogen and oxygen atoms in total. The summed E-state index contributed by atoms with van der Waals surface area (Å²) in [5, 5.41) is 0. The van der Waals surface area contributed by atoms with Crippen LogP contribution in [0.5, 0.6) is 5.75 Å². The topological polar surface area (TPSA) is 52.6 Å². The van der Waals surface area contributed by atoms with Crippen LogP contribution in [-0.2, 0) is 21.2 Å². The van der Waals surface area contributed by atoms with Crippen molar-refractivity contribution in [3.05, 3.63) is 29.8 Å². The summed E-state index contributed by atoms with van der Waals surface area (Å²) in [5.74, 6) is 0.800. The largest absolute Gasteiger partial charge is 0.497 e. The van der Waals surface area contributed by atoms with Gasteiger partial charge in [0.05, 0.1) is 25.1 Å². The molecule has 1 fully saturated rings. The fourth-order valence-electron chi connectivity index (χ4n) is 1.84. The zero-order valence-electron chi connectivity index (χ0n) is 10.7. The van der Waals surface area contributed by atoms with Crippen LogP contribution in [0.1, 0.15) is 18.4 Å². The zero-order chi connectivity index (χ0) is 13.2. The van der Waals surface area contributed by atoms with E-state index >= 15 is 0 Å². The Morgan fingerprint density at radius 3 is 2.28 bits per heavy atom. The van der Waals surface area contributed by atoms with E-state index in [1.807, 2.05) is 24.3 Å². The summed E-state index contributed by atoms with van der Waals surface area (Å²) in [7, 11) is -1.38. The first-order valence-electron chi connectivity index (χ1n) is 5.87. The van der Waals surface area contributed by atoms with Gasteiger partial charge in [0.25, 0.3) is 0 Å². The summed E-state index contributed by atoms with van der Waals surface area (Å²) in [4.78, 5) is 0. The van der Waals surface area contributed by atoms with Crippen molar-refractivity contribution in [2.75, 3.05) is 20.0 Å². The molecule has 0 aromatic heterocycles. The lowest BCUT2D eigenvalue weighted by molar-refractivity contribution is 0.116.